The van der Waals surface area contributed by atoms with E-state index in [2.05, 4.69) is 29.5 Å². The fourth-order valence-corrected chi connectivity index (χ4v) is 4.52. The van der Waals surface area contributed by atoms with E-state index in [0.717, 1.165) is 21.5 Å². The van der Waals surface area contributed by atoms with E-state index < -0.39 is 0 Å². The first-order valence-electron chi connectivity index (χ1n) is 8.53. The summed E-state index contributed by atoms with van der Waals surface area (Å²) >= 11 is 13.7. The molecule has 0 unspecified atom stereocenters. The van der Waals surface area contributed by atoms with Gasteiger partial charge in [-0.2, -0.15) is 9.78 Å². The van der Waals surface area contributed by atoms with Gasteiger partial charge >= 0.3 is 0 Å². The van der Waals surface area contributed by atoms with Crippen LogP contribution in [0.25, 0.3) is 15.3 Å². The van der Waals surface area contributed by atoms with Crippen molar-refractivity contribution >= 4 is 56.5 Å². The maximum absolute atomic E-state index is 12.7. The lowest BCUT2D eigenvalue weighted by Gasteiger charge is -2.08. The molecule has 142 valence electrons. The summed E-state index contributed by atoms with van der Waals surface area (Å²) in [4.78, 5) is 17.5. The normalized spacial score (nSPS) is 11.2. The van der Waals surface area contributed by atoms with E-state index in [0.29, 0.717) is 26.6 Å². The van der Waals surface area contributed by atoms with Crippen LogP contribution < -0.4 is 5.32 Å². The number of thiazole rings is 1. The molecule has 2 aromatic carbocycles. The van der Waals surface area contributed by atoms with Gasteiger partial charge in [-0.05, 0) is 56.2 Å². The molecule has 4 aromatic rings. The first-order chi connectivity index (χ1) is 13.3. The molecule has 5 nitrogen and oxygen atoms in total. The maximum Gasteiger partial charge on any atom is 0.258 e. The Bertz CT molecular complexity index is 1230. The molecule has 1 amide bonds. The highest BCUT2D eigenvalue weighted by Gasteiger charge is 2.18. The molecule has 8 heteroatoms. The lowest BCUT2D eigenvalue weighted by molar-refractivity contribution is 0.102. The number of carbonyl (C=O) groups excluding carboxylic acids is 1. The molecule has 2 heterocycles. The number of aromatic nitrogens is 3. The average molecular weight is 431 g/mol. The molecule has 0 aliphatic rings. The van der Waals surface area contributed by atoms with Gasteiger partial charge in [-0.3, -0.25) is 4.79 Å². The van der Waals surface area contributed by atoms with Crippen molar-refractivity contribution in [1.82, 2.24) is 14.8 Å². The van der Waals surface area contributed by atoms with Crippen molar-refractivity contribution in [1.29, 1.82) is 0 Å². The Balaban J connectivity index is 1.74. The van der Waals surface area contributed by atoms with E-state index in [-0.39, 0.29) is 5.91 Å². The summed E-state index contributed by atoms with van der Waals surface area (Å²) in [6, 6.07) is 10.8. The summed E-state index contributed by atoms with van der Waals surface area (Å²) < 4.78 is 2.72. The molecule has 0 spiro atoms. The summed E-state index contributed by atoms with van der Waals surface area (Å²) in [6.07, 6.45) is 0. The Labute approximate surface area is 175 Å². The molecule has 0 aliphatic heterocycles. The highest BCUT2D eigenvalue weighted by Crippen LogP contribution is 2.30. The van der Waals surface area contributed by atoms with Crippen LogP contribution in [0.2, 0.25) is 10.0 Å². The molecule has 0 atom stereocenters. The summed E-state index contributed by atoms with van der Waals surface area (Å²) in [5.74, 6) is 0.161. The number of fused-ring (bicyclic) bond motifs is 1. The smallest absolute Gasteiger partial charge is 0.258 e. The second-order valence-corrected chi connectivity index (χ2v) is 8.44. The van der Waals surface area contributed by atoms with Crippen molar-refractivity contribution in [3.63, 3.8) is 0 Å². The summed E-state index contributed by atoms with van der Waals surface area (Å²) in [7, 11) is 0. The van der Waals surface area contributed by atoms with Crippen molar-refractivity contribution < 1.29 is 4.79 Å². The highest BCUT2D eigenvalue weighted by molar-refractivity contribution is 7.20. The Morgan fingerprint density at radius 1 is 1.11 bits per heavy atom. The van der Waals surface area contributed by atoms with Gasteiger partial charge in [-0.1, -0.05) is 40.6 Å². The lowest BCUT2D eigenvalue weighted by atomic mass is 10.1. The number of nitrogens with one attached hydrogen (secondary N) is 1. The first kappa shape index (κ1) is 18.9. The highest BCUT2D eigenvalue weighted by atomic mass is 35.5. The molecular weight excluding hydrogens is 415 g/mol. The van der Waals surface area contributed by atoms with E-state index >= 15 is 0 Å². The standard InChI is InChI=1S/C20H16Cl2N4OS/c1-10-6-11(2)18-16(7-10)28-20(24-18)26-17(8-12(3)25-26)23-19(27)14-9-13(21)4-5-15(14)22/h4-9H,1-3H3,(H,23,27). The number of anilines is 1. The van der Waals surface area contributed by atoms with Gasteiger partial charge < -0.3 is 5.32 Å². The number of nitrogens with zero attached hydrogens (tertiary/aromatic N) is 3. The van der Waals surface area contributed by atoms with E-state index in [1.807, 2.05) is 13.8 Å². The zero-order valence-corrected chi connectivity index (χ0v) is 17.7. The zero-order valence-electron chi connectivity index (χ0n) is 15.4. The Kier molecular flexibility index (Phi) is 4.87. The number of hydrogen-bond acceptors (Lipinski definition) is 4. The van der Waals surface area contributed by atoms with Crippen LogP contribution in [0.4, 0.5) is 5.82 Å². The molecule has 2 aromatic heterocycles. The minimum atomic E-state index is -0.359. The van der Waals surface area contributed by atoms with Crippen molar-refractivity contribution in [2.24, 2.45) is 0 Å². The van der Waals surface area contributed by atoms with Gasteiger partial charge in [0, 0.05) is 11.1 Å². The van der Waals surface area contributed by atoms with Gasteiger partial charge in [0.1, 0.15) is 5.82 Å². The summed E-state index contributed by atoms with van der Waals surface area (Å²) in [5.41, 5.74) is 4.29. The Hall–Kier alpha value is -2.41. The number of hydrogen-bond donors (Lipinski definition) is 1. The second-order valence-electron chi connectivity index (χ2n) is 6.59. The van der Waals surface area contributed by atoms with Gasteiger partial charge in [0.25, 0.3) is 5.91 Å². The minimum Gasteiger partial charge on any atom is -0.306 e. The molecule has 1 N–H and O–H groups in total. The predicted molar refractivity (Wildman–Crippen MR) is 115 cm³/mol. The monoisotopic (exact) mass is 430 g/mol. The van der Waals surface area contributed by atoms with Crippen LogP contribution in [0.1, 0.15) is 27.2 Å². The molecule has 0 saturated heterocycles. The number of carbonyl (C=O) groups is 1. The van der Waals surface area contributed by atoms with Crippen LogP contribution >= 0.6 is 34.5 Å². The van der Waals surface area contributed by atoms with Crippen LogP contribution in [-0.2, 0) is 0 Å². The van der Waals surface area contributed by atoms with Crippen molar-refractivity contribution in [2.45, 2.75) is 20.8 Å². The van der Waals surface area contributed by atoms with Gasteiger partial charge in [0.05, 0.1) is 26.5 Å². The van der Waals surface area contributed by atoms with Gasteiger partial charge in [0.2, 0.25) is 5.13 Å². The maximum atomic E-state index is 12.7. The van der Waals surface area contributed by atoms with Crippen molar-refractivity contribution in [3.8, 4) is 5.13 Å². The third-order valence-electron chi connectivity index (χ3n) is 4.25. The van der Waals surface area contributed by atoms with Crippen LogP contribution in [0.15, 0.2) is 36.4 Å². The Morgan fingerprint density at radius 2 is 1.89 bits per heavy atom. The average Bonchev–Trinajstić information content (AvgIpc) is 3.20. The van der Waals surface area contributed by atoms with E-state index in [1.165, 1.54) is 23.0 Å². The molecule has 4 rings (SSSR count). The quantitative estimate of drug-likeness (QED) is 0.435. The van der Waals surface area contributed by atoms with Crippen molar-refractivity contribution in [3.05, 3.63) is 68.8 Å². The van der Waals surface area contributed by atoms with Gasteiger partial charge in [-0.25, -0.2) is 4.98 Å². The minimum absolute atomic E-state index is 0.301. The lowest BCUT2D eigenvalue weighted by Crippen LogP contribution is -2.15. The third-order valence-corrected chi connectivity index (χ3v) is 5.79. The fraction of sp³-hybridized carbons (Fsp3) is 0.150. The summed E-state index contributed by atoms with van der Waals surface area (Å²) in [6.45, 7) is 5.96. The largest absolute Gasteiger partial charge is 0.306 e. The van der Waals surface area contributed by atoms with Crippen LogP contribution in [0, 0.1) is 20.8 Å². The zero-order chi connectivity index (χ0) is 20.0. The van der Waals surface area contributed by atoms with Crippen LogP contribution in [0.5, 0.6) is 0 Å². The number of halogens is 2. The Morgan fingerprint density at radius 3 is 2.68 bits per heavy atom. The molecule has 0 aliphatic carbocycles. The summed E-state index contributed by atoms with van der Waals surface area (Å²) in [5, 5.41) is 8.83. The molecule has 0 saturated carbocycles. The predicted octanol–water partition coefficient (Wildman–Crippen LogP) is 5.97. The van der Waals surface area contributed by atoms with Gasteiger partial charge in [0.15, 0.2) is 0 Å². The fourth-order valence-electron chi connectivity index (χ4n) is 3.04. The van der Waals surface area contributed by atoms with E-state index in [1.54, 1.807) is 22.9 Å². The third kappa shape index (κ3) is 3.51. The molecule has 0 fully saturated rings. The molecular formula is C20H16Cl2N4OS. The molecule has 28 heavy (non-hydrogen) atoms. The van der Waals surface area contributed by atoms with Gasteiger partial charge in [-0.15, -0.1) is 0 Å². The SMILES string of the molecule is Cc1cc(C)c2nc(-n3nc(C)cc3NC(=O)c3cc(Cl)ccc3Cl)sc2c1. The van der Waals surface area contributed by atoms with E-state index in [4.69, 9.17) is 28.2 Å². The number of rotatable bonds is 3. The topological polar surface area (TPSA) is 59.8 Å². The molecule has 0 radical (unpaired) electrons. The van der Waals surface area contributed by atoms with Crippen molar-refractivity contribution in [2.75, 3.05) is 5.32 Å². The number of benzene rings is 2. The second kappa shape index (κ2) is 7.20. The van der Waals surface area contributed by atoms with Crippen LogP contribution in [-0.4, -0.2) is 20.7 Å². The number of amides is 1. The van der Waals surface area contributed by atoms with E-state index in [9.17, 15) is 4.79 Å². The first-order valence-corrected chi connectivity index (χ1v) is 10.1. The number of aryl methyl sites for hydroxylation is 3. The molecule has 0 bridgehead atoms. The van der Waals surface area contributed by atoms with Crippen LogP contribution in [0.3, 0.4) is 0 Å².